The third-order valence-corrected chi connectivity index (χ3v) is 3.04. The first-order valence-corrected chi connectivity index (χ1v) is 5.83. The highest BCUT2D eigenvalue weighted by atomic mass is 16.3. The highest BCUT2D eigenvalue weighted by molar-refractivity contribution is 5.85. The maximum atomic E-state index is 12.2. The molecule has 2 atom stereocenters. The van der Waals surface area contributed by atoms with E-state index in [1.807, 2.05) is 25.1 Å². The molecule has 2 unspecified atom stereocenters. The van der Waals surface area contributed by atoms with Crippen molar-refractivity contribution < 1.29 is 9.90 Å². The molecule has 0 saturated carbocycles. The minimum atomic E-state index is -1.02. The summed E-state index contributed by atoms with van der Waals surface area (Å²) in [6, 6.07) is 2.02. The number of amides is 1. The smallest absolute Gasteiger partial charge is 0.242 e. The molecule has 1 amide bonds. The summed E-state index contributed by atoms with van der Waals surface area (Å²) < 4.78 is 0. The molecule has 0 bridgehead atoms. The van der Waals surface area contributed by atoms with Crippen LogP contribution in [0.15, 0.2) is 0 Å². The second kappa shape index (κ2) is 5.03. The van der Waals surface area contributed by atoms with Gasteiger partial charge in [-0.1, -0.05) is 0 Å². The second-order valence-electron chi connectivity index (χ2n) is 5.50. The maximum Gasteiger partial charge on any atom is 0.242 e. The minimum absolute atomic E-state index is 0.000116. The number of aliphatic hydroxyl groups is 1. The fourth-order valence-electron chi connectivity index (χ4n) is 2.14. The number of nitrogens with zero attached hydrogens (tertiary/aromatic N) is 3. The average Bonchev–Trinajstić information content (AvgIpc) is 2.57. The maximum absolute atomic E-state index is 12.2. The number of hydrogen-bond donors (Lipinski definition) is 1. The molecule has 1 heterocycles. The van der Waals surface area contributed by atoms with Gasteiger partial charge >= 0.3 is 0 Å². The van der Waals surface area contributed by atoms with Crippen molar-refractivity contribution in [3.63, 3.8) is 0 Å². The molecule has 1 rings (SSSR count). The van der Waals surface area contributed by atoms with Gasteiger partial charge in [-0.3, -0.25) is 4.79 Å². The summed E-state index contributed by atoms with van der Waals surface area (Å²) in [5.41, 5.74) is -1.02. The molecule has 1 aliphatic rings. The van der Waals surface area contributed by atoms with E-state index in [-0.39, 0.29) is 11.9 Å². The summed E-state index contributed by atoms with van der Waals surface area (Å²) in [7, 11) is 3.87. The van der Waals surface area contributed by atoms with E-state index in [2.05, 4.69) is 0 Å². The molecular weight excluding hydrogens is 218 g/mol. The molecular formula is C12H21N3O2. The van der Waals surface area contributed by atoms with Gasteiger partial charge < -0.3 is 14.9 Å². The standard InChI is InChI=1S/C12H21N3O2/c1-12(2,8-13)11(17)15-7-10(16)5-9(15)6-14(3)4/h9-10,16H,5-7H2,1-4H3. The van der Waals surface area contributed by atoms with Gasteiger partial charge in [0.05, 0.1) is 12.2 Å². The van der Waals surface area contributed by atoms with Crippen molar-refractivity contribution in [2.75, 3.05) is 27.2 Å². The molecule has 1 N–H and O–H groups in total. The van der Waals surface area contributed by atoms with Crippen LogP contribution in [0.5, 0.6) is 0 Å². The first kappa shape index (κ1) is 13.9. The molecule has 0 aromatic heterocycles. The number of hydrogen-bond acceptors (Lipinski definition) is 4. The fraction of sp³-hybridized carbons (Fsp3) is 0.833. The van der Waals surface area contributed by atoms with Crippen molar-refractivity contribution in [2.24, 2.45) is 5.41 Å². The molecule has 0 radical (unpaired) electrons. The Balaban J connectivity index is 2.81. The van der Waals surface area contributed by atoms with E-state index in [9.17, 15) is 9.90 Å². The average molecular weight is 239 g/mol. The lowest BCUT2D eigenvalue weighted by Crippen LogP contribution is -2.46. The molecule has 0 spiro atoms. The number of aliphatic hydroxyl groups excluding tert-OH is 1. The first-order valence-electron chi connectivity index (χ1n) is 5.83. The van der Waals surface area contributed by atoms with Gasteiger partial charge in [0.1, 0.15) is 5.41 Å². The predicted octanol–water partition coefficient (Wildman–Crippen LogP) is 0.0596. The zero-order valence-electron chi connectivity index (χ0n) is 11.0. The number of likely N-dealkylation sites (tertiary alicyclic amines) is 1. The van der Waals surface area contributed by atoms with E-state index < -0.39 is 11.5 Å². The molecule has 17 heavy (non-hydrogen) atoms. The number of rotatable bonds is 3. The monoisotopic (exact) mass is 239 g/mol. The van der Waals surface area contributed by atoms with Gasteiger partial charge in [-0.05, 0) is 34.4 Å². The van der Waals surface area contributed by atoms with Crippen molar-refractivity contribution in [3.05, 3.63) is 0 Å². The largest absolute Gasteiger partial charge is 0.391 e. The van der Waals surface area contributed by atoms with Crippen LogP contribution in [0.3, 0.4) is 0 Å². The number of carbonyl (C=O) groups is 1. The number of β-amino-alcohol motifs (C(OH)–C–C–N with tert-alkyl or cyclic N) is 1. The van der Waals surface area contributed by atoms with Crippen LogP contribution in [0.2, 0.25) is 0 Å². The van der Waals surface area contributed by atoms with Gasteiger partial charge in [0, 0.05) is 19.1 Å². The summed E-state index contributed by atoms with van der Waals surface area (Å²) in [6.07, 6.45) is 0.115. The van der Waals surface area contributed by atoms with Crippen LogP contribution in [-0.4, -0.2) is 60.1 Å². The normalized spacial score (nSPS) is 25.1. The molecule has 0 aromatic carbocycles. The van der Waals surface area contributed by atoms with Gasteiger partial charge in [0.25, 0.3) is 0 Å². The first-order chi connectivity index (χ1) is 7.77. The van der Waals surface area contributed by atoms with Crippen molar-refractivity contribution in [1.29, 1.82) is 5.26 Å². The zero-order chi connectivity index (χ0) is 13.2. The van der Waals surface area contributed by atoms with Crippen LogP contribution < -0.4 is 0 Å². The Morgan fingerprint density at radius 1 is 1.59 bits per heavy atom. The van der Waals surface area contributed by atoms with E-state index in [4.69, 9.17) is 5.26 Å². The van der Waals surface area contributed by atoms with Gasteiger partial charge in [-0.25, -0.2) is 0 Å². The van der Waals surface area contributed by atoms with Crippen LogP contribution in [0.4, 0.5) is 0 Å². The SMILES string of the molecule is CN(C)CC1CC(O)CN1C(=O)C(C)(C)C#N. The van der Waals surface area contributed by atoms with E-state index >= 15 is 0 Å². The van der Waals surface area contributed by atoms with Crippen molar-refractivity contribution in [1.82, 2.24) is 9.80 Å². The summed E-state index contributed by atoms with van der Waals surface area (Å²) in [4.78, 5) is 15.8. The number of carbonyl (C=O) groups excluding carboxylic acids is 1. The van der Waals surface area contributed by atoms with E-state index in [1.54, 1.807) is 18.7 Å². The van der Waals surface area contributed by atoms with Crippen LogP contribution in [0.1, 0.15) is 20.3 Å². The molecule has 5 nitrogen and oxygen atoms in total. The van der Waals surface area contributed by atoms with Crippen LogP contribution in [0, 0.1) is 16.7 Å². The van der Waals surface area contributed by atoms with Crippen LogP contribution in [0.25, 0.3) is 0 Å². The summed E-state index contributed by atoms with van der Waals surface area (Å²) in [6.45, 7) is 4.28. The molecule has 0 aromatic rings. The van der Waals surface area contributed by atoms with Crippen molar-refractivity contribution in [2.45, 2.75) is 32.4 Å². The predicted molar refractivity (Wildman–Crippen MR) is 64.1 cm³/mol. The number of likely N-dealkylation sites (N-methyl/N-ethyl adjacent to an activating group) is 1. The van der Waals surface area contributed by atoms with Crippen molar-refractivity contribution >= 4 is 5.91 Å². The van der Waals surface area contributed by atoms with Gasteiger partial charge in [-0.15, -0.1) is 0 Å². The Morgan fingerprint density at radius 3 is 2.65 bits per heavy atom. The van der Waals surface area contributed by atoms with Crippen LogP contribution in [-0.2, 0) is 4.79 Å². The summed E-state index contributed by atoms with van der Waals surface area (Å²) in [5, 5.41) is 18.7. The van der Waals surface area contributed by atoms with Gasteiger partial charge in [0.2, 0.25) is 5.91 Å². The lowest BCUT2D eigenvalue weighted by atomic mass is 9.93. The Hall–Kier alpha value is -1.12. The number of nitriles is 1. The van der Waals surface area contributed by atoms with Crippen LogP contribution >= 0.6 is 0 Å². The van der Waals surface area contributed by atoms with Gasteiger partial charge in [0.15, 0.2) is 0 Å². The van der Waals surface area contributed by atoms with E-state index in [1.165, 1.54) is 0 Å². The molecule has 5 heteroatoms. The highest BCUT2D eigenvalue weighted by Crippen LogP contribution is 2.25. The molecule has 0 aliphatic carbocycles. The lowest BCUT2D eigenvalue weighted by Gasteiger charge is -2.30. The molecule has 1 aliphatic heterocycles. The summed E-state index contributed by atoms with van der Waals surface area (Å²) >= 11 is 0. The van der Waals surface area contributed by atoms with E-state index in [0.717, 1.165) is 0 Å². The van der Waals surface area contributed by atoms with E-state index in [0.29, 0.717) is 19.5 Å². The third kappa shape index (κ3) is 3.18. The topological polar surface area (TPSA) is 67.6 Å². The van der Waals surface area contributed by atoms with Gasteiger partial charge in [-0.2, -0.15) is 5.26 Å². The highest BCUT2D eigenvalue weighted by Gasteiger charge is 2.40. The second-order valence-corrected chi connectivity index (χ2v) is 5.50. The van der Waals surface area contributed by atoms with Crippen molar-refractivity contribution in [3.8, 4) is 6.07 Å². The quantitative estimate of drug-likeness (QED) is 0.756. The Labute approximate surface area is 103 Å². The fourth-order valence-corrected chi connectivity index (χ4v) is 2.14. The zero-order valence-corrected chi connectivity index (χ0v) is 11.0. The Bertz CT molecular complexity index is 333. The molecule has 96 valence electrons. The minimum Gasteiger partial charge on any atom is -0.391 e. The lowest BCUT2D eigenvalue weighted by molar-refractivity contribution is -0.138. The summed E-state index contributed by atoms with van der Waals surface area (Å²) in [5.74, 6) is -0.191. The molecule has 1 saturated heterocycles. The Morgan fingerprint density at radius 2 is 2.18 bits per heavy atom. The molecule has 1 fully saturated rings. The third-order valence-electron chi connectivity index (χ3n) is 3.04. The Kier molecular flexibility index (Phi) is 4.12.